The number of ether oxygens (including phenoxy) is 2. The highest BCUT2D eigenvalue weighted by Gasteiger charge is 2.17. The molecular weight excluding hydrogens is 318 g/mol. The fourth-order valence-corrected chi connectivity index (χ4v) is 3.05. The Morgan fingerprint density at radius 1 is 1.08 bits per heavy atom. The van der Waals surface area contributed by atoms with Gasteiger partial charge >= 0.3 is 0 Å². The van der Waals surface area contributed by atoms with Crippen LogP contribution in [0.5, 0.6) is 17.2 Å². The maximum Gasteiger partial charge on any atom is 0.231 e. The molecule has 0 amide bonds. The summed E-state index contributed by atoms with van der Waals surface area (Å²) in [5, 5.41) is 10.9. The quantitative estimate of drug-likeness (QED) is 0.740. The molecular formula is C20H21NO4. The number of nitrogens with one attached hydrogen (secondary N) is 1. The summed E-state index contributed by atoms with van der Waals surface area (Å²) in [4.78, 5) is 15.9. The van der Waals surface area contributed by atoms with Crippen LogP contribution in [0.2, 0.25) is 0 Å². The molecule has 5 heteroatoms. The molecule has 0 bridgehead atoms. The Labute approximate surface area is 145 Å². The third-order valence-electron chi connectivity index (χ3n) is 4.29. The number of rotatable bonds is 5. The van der Waals surface area contributed by atoms with Gasteiger partial charge < -0.3 is 19.6 Å². The normalized spacial score (nSPS) is 10.8. The molecule has 0 saturated heterocycles. The van der Waals surface area contributed by atoms with Crippen LogP contribution in [0, 0.1) is 0 Å². The minimum atomic E-state index is -0.434. The summed E-state index contributed by atoms with van der Waals surface area (Å²) in [6.07, 6.45) is 1.84. The van der Waals surface area contributed by atoms with Gasteiger partial charge in [0.1, 0.15) is 0 Å². The lowest BCUT2D eigenvalue weighted by Gasteiger charge is -2.13. The monoisotopic (exact) mass is 339 g/mol. The Balaban J connectivity index is 2.31. The second-order valence-corrected chi connectivity index (χ2v) is 5.84. The molecule has 130 valence electrons. The molecule has 0 aliphatic carbocycles. The molecule has 2 aromatic carbocycles. The van der Waals surface area contributed by atoms with Crippen molar-refractivity contribution in [3.05, 3.63) is 52.2 Å². The van der Waals surface area contributed by atoms with Crippen molar-refractivity contribution in [1.29, 1.82) is 0 Å². The molecule has 1 heterocycles. The van der Waals surface area contributed by atoms with E-state index in [1.807, 2.05) is 24.3 Å². The van der Waals surface area contributed by atoms with E-state index in [2.05, 4.69) is 11.9 Å². The van der Waals surface area contributed by atoms with E-state index in [1.165, 1.54) is 7.11 Å². The summed E-state index contributed by atoms with van der Waals surface area (Å²) >= 11 is 0. The highest BCUT2D eigenvalue weighted by molar-refractivity contribution is 5.87. The Morgan fingerprint density at radius 3 is 2.44 bits per heavy atom. The van der Waals surface area contributed by atoms with E-state index in [4.69, 9.17) is 9.47 Å². The van der Waals surface area contributed by atoms with E-state index in [0.717, 1.165) is 24.0 Å². The molecule has 0 spiro atoms. The number of H-pyrrole nitrogens is 1. The smallest absolute Gasteiger partial charge is 0.231 e. The van der Waals surface area contributed by atoms with Crippen molar-refractivity contribution in [2.45, 2.75) is 19.8 Å². The van der Waals surface area contributed by atoms with Crippen LogP contribution in [0.3, 0.4) is 0 Å². The van der Waals surface area contributed by atoms with E-state index in [-0.39, 0.29) is 5.75 Å². The highest BCUT2D eigenvalue weighted by atomic mass is 16.5. The van der Waals surface area contributed by atoms with Crippen molar-refractivity contribution in [2.24, 2.45) is 0 Å². The fraction of sp³-hybridized carbons (Fsp3) is 0.250. The Bertz CT molecular complexity index is 975. The maximum atomic E-state index is 12.7. The number of hydrogen-bond acceptors (Lipinski definition) is 4. The van der Waals surface area contributed by atoms with E-state index < -0.39 is 5.43 Å². The summed E-state index contributed by atoms with van der Waals surface area (Å²) < 4.78 is 10.6. The number of methoxy groups -OCH3 is 2. The zero-order chi connectivity index (χ0) is 18.0. The third-order valence-corrected chi connectivity index (χ3v) is 4.29. The van der Waals surface area contributed by atoms with Gasteiger partial charge in [0.2, 0.25) is 5.43 Å². The van der Waals surface area contributed by atoms with Crippen LogP contribution in [-0.2, 0) is 6.42 Å². The van der Waals surface area contributed by atoms with Crippen LogP contribution in [0.1, 0.15) is 18.9 Å². The zero-order valence-electron chi connectivity index (χ0n) is 14.6. The number of fused-ring (bicyclic) bond motifs is 1. The molecule has 0 aliphatic rings. The van der Waals surface area contributed by atoms with E-state index in [9.17, 15) is 9.90 Å². The number of aromatic nitrogens is 1. The topological polar surface area (TPSA) is 71.5 Å². The zero-order valence-corrected chi connectivity index (χ0v) is 14.6. The number of aromatic hydroxyl groups is 1. The first-order valence-electron chi connectivity index (χ1n) is 8.20. The lowest BCUT2D eigenvalue weighted by Crippen LogP contribution is -2.07. The van der Waals surface area contributed by atoms with Gasteiger partial charge in [0.25, 0.3) is 0 Å². The van der Waals surface area contributed by atoms with Crippen molar-refractivity contribution in [3.63, 3.8) is 0 Å². The minimum Gasteiger partial charge on any atom is -0.503 e. The first kappa shape index (κ1) is 16.9. The first-order valence-corrected chi connectivity index (χ1v) is 8.20. The molecule has 3 aromatic rings. The lowest BCUT2D eigenvalue weighted by molar-refractivity contribution is 0.355. The SMILES string of the molecule is CCCc1ccccc1-c1[nH]c2cc(OC)c(OC)cc2c(=O)c1O. The summed E-state index contributed by atoms with van der Waals surface area (Å²) in [5.74, 6) is 0.673. The molecule has 0 fully saturated rings. The number of benzene rings is 2. The van der Waals surface area contributed by atoms with Gasteiger partial charge in [-0.2, -0.15) is 0 Å². The second kappa shape index (κ2) is 6.89. The van der Waals surface area contributed by atoms with Crippen molar-refractivity contribution < 1.29 is 14.6 Å². The molecule has 0 radical (unpaired) electrons. The standard InChI is InChI=1S/C20H21NO4/c1-4-7-12-8-5-6-9-13(12)18-20(23)19(22)14-10-16(24-2)17(25-3)11-15(14)21-18/h5-6,8-11,23H,4,7H2,1-3H3,(H,21,22). The highest BCUT2D eigenvalue weighted by Crippen LogP contribution is 2.34. The number of pyridine rings is 1. The van der Waals surface area contributed by atoms with Crippen molar-refractivity contribution in [1.82, 2.24) is 4.98 Å². The number of aryl methyl sites for hydroxylation is 1. The minimum absolute atomic E-state index is 0.289. The first-order chi connectivity index (χ1) is 12.1. The van der Waals surface area contributed by atoms with Crippen molar-refractivity contribution in [3.8, 4) is 28.5 Å². The Kier molecular flexibility index (Phi) is 4.65. The van der Waals surface area contributed by atoms with Crippen LogP contribution >= 0.6 is 0 Å². The van der Waals surface area contributed by atoms with E-state index in [0.29, 0.717) is 28.1 Å². The summed E-state index contributed by atoms with van der Waals surface area (Å²) in [7, 11) is 3.05. The summed E-state index contributed by atoms with van der Waals surface area (Å²) in [6.45, 7) is 2.09. The Morgan fingerprint density at radius 2 is 1.76 bits per heavy atom. The molecule has 1 aromatic heterocycles. The van der Waals surface area contributed by atoms with Crippen LogP contribution < -0.4 is 14.9 Å². The molecule has 2 N–H and O–H groups in total. The van der Waals surface area contributed by atoms with Gasteiger partial charge in [0, 0.05) is 11.6 Å². The molecule has 3 rings (SSSR count). The van der Waals surface area contributed by atoms with Gasteiger partial charge in [-0.3, -0.25) is 4.79 Å². The van der Waals surface area contributed by atoms with Gasteiger partial charge in [-0.05, 0) is 18.1 Å². The van der Waals surface area contributed by atoms with Gasteiger partial charge in [0.15, 0.2) is 17.2 Å². The van der Waals surface area contributed by atoms with Crippen LogP contribution in [0.15, 0.2) is 41.2 Å². The average Bonchev–Trinajstić information content (AvgIpc) is 2.64. The van der Waals surface area contributed by atoms with Crippen molar-refractivity contribution in [2.75, 3.05) is 14.2 Å². The number of hydrogen-bond donors (Lipinski definition) is 2. The van der Waals surface area contributed by atoms with Crippen LogP contribution in [-0.4, -0.2) is 24.3 Å². The summed E-state index contributed by atoms with van der Waals surface area (Å²) in [5.41, 5.74) is 2.48. The molecule has 0 aliphatic heterocycles. The predicted octanol–water partition coefficient (Wildman–Crippen LogP) is 3.87. The maximum absolute atomic E-state index is 12.7. The summed E-state index contributed by atoms with van der Waals surface area (Å²) in [6, 6.07) is 11.1. The number of aromatic amines is 1. The predicted molar refractivity (Wildman–Crippen MR) is 98.8 cm³/mol. The molecule has 0 saturated carbocycles. The molecule has 0 atom stereocenters. The molecule has 0 unspecified atom stereocenters. The lowest BCUT2D eigenvalue weighted by atomic mass is 9.99. The largest absolute Gasteiger partial charge is 0.503 e. The van der Waals surface area contributed by atoms with Gasteiger partial charge in [-0.15, -0.1) is 0 Å². The average molecular weight is 339 g/mol. The van der Waals surface area contributed by atoms with Gasteiger partial charge in [0.05, 0.1) is 30.8 Å². The second-order valence-electron chi connectivity index (χ2n) is 5.84. The van der Waals surface area contributed by atoms with E-state index in [1.54, 1.807) is 19.2 Å². The van der Waals surface area contributed by atoms with Crippen LogP contribution in [0.25, 0.3) is 22.2 Å². The van der Waals surface area contributed by atoms with Crippen molar-refractivity contribution >= 4 is 10.9 Å². The molecule has 25 heavy (non-hydrogen) atoms. The molecule has 5 nitrogen and oxygen atoms in total. The van der Waals surface area contributed by atoms with Gasteiger partial charge in [-0.1, -0.05) is 37.6 Å². The van der Waals surface area contributed by atoms with Gasteiger partial charge in [-0.25, -0.2) is 0 Å². The Hall–Kier alpha value is -2.95. The van der Waals surface area contributed by atoms with E-state index >= 15 is 0 Å². The third kappa shape index (κ3) is 2.93. The fourth-order valence-electron chi connectivity index (χ4n) is 3.05. The van der Waals surface area contributed by atoms with Crippen LogP contribution in [0.4, 0.5) is 0 Å².